The molecule has 1 aliphatic rings. The second-order valence-corrected chi connectivity index (χ2v) is 7.04. The lowest BCUT2D eigenvalue weighted by Gasteiger charge is -2.31. The van der Waals surface area contributed by atoms with Gasteiger partial charge in [0, 0.05) is 0 Å². The summed E-state index contributed by atoms with van der Waals surface area (Å²) in [6.07, 6.45) is -0.264. The Morgan fingerprint density at radius 1 is 1.03 bits per heavy atom. The Kier molecular flexibility index (Phi) is 5.48. The first kappa shape index (κ1) is 19.6. The number of halogens is 1. The van der Waals surface area contributed by atoms with Crippen molar-refractivity contribution in [2.24, 2.45) is 0 Å². The van der Waals surface area contributed by atoms with Gasteiger partial charge in [0.05, 0.1) is 11.4 Å². The highest BCUT2D eigenvalue weighted by Crippen LogP contribution is 2.30. The largest absolute Gasteiger partial charge is 0.481 e. The fourth-order valence-corrected chi connectivity index (χ4v) is 3.44. The minimum atomic E-state index is -0.722. The van der Waals surface area contributed by atoms with E-state index in [1.807, 2.05) is 31.2 Å². The summed E-state index contributed by atoms with van der Waals surface area (Å²) in [5.41, 5.74) is 3.08. The van der Waals surface area contributed by atoms with E-state index in [1.165, 1.54) is 17.0 Å². The molecule has 3 aromatic rings. The van der Waals surface area contributed by atoms with Crippen LogP contribution in [0.4, 0.5) is 15.8 Å². The third kappa shape index (κ3) is 4.03. The van der Waals surface area contributed by atoms with Crippen molar-refractivity contribution in [3.8, 4) is 16.9 Å². The number of carbonyl (C=O) groups is 2. The van der Waals surface area contributed by atoms with Crippen molar-refractivity contribution in [2.75, 3.05) is 16.8 Å². The van der Waals surface area contributed by atoms with E-state index in [2.05, 4.69) is 5.32 Å². The summed E-state index contributed by atoms with van der Waals surface area (Å²) in [4.78, 5) is 26.6. The molecule has 0 bridgehead atoms. The molecule has 152 valence electrons. The fourth-order valence-electron chi connectivity index (χ4n) is 3.44. The van der Waals surface area contributed by atoms with E-state index in [0.717, 1.165) is 11.1 Å². The zero-order valence-electron chi connectivity index (χ0n) is 16.5. The highest BCUT2D eigenvalue weighted by atomic mass is 19.1. The zero-order chi connectivity index (χ0) is 21.1. The molecule has 1 unspecified atom stereocenters. The van der Waals surface area contributed by atoms with Crippen LogP contribution < -0.4 is 15.0 Å². The lowest BCUT2D eigenvalue weighted by molar-refractivity contribution is -0.127. The van der Waals surface area contributed by atoms with E-state index in [9.17, 15) is 14.0 Å². The molecule has 1 heterocycles. The van der Waals surface area contributed by atoms with E-state index in [1.54, 1.807) is 36.4 Å². The Balaban J connectivity index is 1.51. The summed E-state index contributed by atoms with van der Waals surface area (Å²) >= 11 is 0. The monoisotopic (exact) mass is 404 g/mol. The van der Waals surface area contributed by atoms with E-state index < -0.39 is 6.10 Å². The number of amides is 2. The van der Waals surface area contributed by atoms with Crippen LogP contribution in [0.1, 0.15) is 13.3 Å². The van der Waals surface area contributed by atoms with Crippen molar-refractivity contribution in [3.05, 3.63) is 78.6 Å². The van der Waals surface area contributed by atoms with Crippen molar-refractivity contribution in [2.45, 2.75) is 19.4 Å². The Bertz CT molecular complexity index is 1060. The van der Waals surface area contributed by atoms with E-state index in [-0.39, 0.29) is 24.2 Å². The quantitative estimate of drug-likeness (QED) is 0.674. The number of nitrogens with zero attached hydrogens (tertiary/aromatic N) is 1. The van der Waals surface area contributed by atoms with Gasteiger partial charge in [-0.05, 0) is 53.9 Å². The van der Waals surface area contributed by atoms with Crippen LogP contribution in [0.2, 0.25) is 0 Å². The molecule has 4 rings (SSSR count). The average molecular weight is 404 g/mol. The van der Waals surface area contributed by atoms with Crippen molar-refractivity contribution in [1.29, 1.82) is 0 Å². The first-order chi connectivity index (χ1) is 14.5. The van der Waals surface area contributed by atoms with Gasteiger partial charge in [-0.25, -0.2) is 4.39 Å². The predicted molar refractivity (Wildman–Crippen MR) is 114 cm³/mol. The molecule has 0 saturated heterocycles. The summed E-state index contributed by atoms with van der Waals surface area (Å²) in [6.45, 7) is 1.82. The molecular formula is C24H21FN2O3. The number of hydrogen-bond acceptors (Lipinski definition) is 3. The molecule has 5 nitrogen and oxygen atoms in total. The maximum atomic E-state index is 13.1. The predicted octanol–water partition coefficient (Wildman–Crippen LogP) is 4.64. The molecule has 2 amide bonds. The number of benzene rings is 3. The molecule has 1 aliphatic heterocycles. The standard InChI is InChI=1S/C24H21FN2O3/c1-2-22(24(29)27-15-23(28)26-20-5-3-4-6-21(20)27)30-19-13-9-17(10-14-19)16-7-11-18(25)12-8-16/h3-14,22H,2,15H2,1H3,(H,26,28). The molecule has 1 atom stereocenters. The van der Waals surface area contributed by atoms with Crippen molar-refractivity contribution in [1.82, 2.24) is 0 Å². The second kappa shape index (κ2) is 8.37. The summed E-state index contributed by atoms with van der Waals surface area (Å²) in [5.74, 6) is -0.227. The zero-order valence-corrected chi connectivity index (χ0v) is 16.5. The van der Waals surface area contributed by atoms with Crippen molar-refractivity contribution in [3.63, 3.8) is 0 Å². The topological polar surface area (TPSA) is 58.6 Å². The first-order valence-corrected chi connectivity index (χ1v) is 9.78. The molecule has 0 aliphatic carbocycles. The number of para-hydroxylation sites is 2. The molecule has 0 saturated carbocycles. The van der Waals surface area contributed by atoms with Gasteiger partial charge in [0.1, 0.15) is 18.1 Å². The van der Waals surface area contributed by atoms with E-state index in [0.29, 0.717) is 23.5 Å². The number of anilines is 2. The summed E-state index contributed by atoms with van der Waals surface area (Å²) < 4.78 is 19.1. The van der Waals surface area contributed by atoms with E-state index in [4.69, 9.17) is 4.74 Å². The van der Waals surface area contributed by atoms with Gasteiger partial charge in [-0.15, -0.1) is 0 Å². The summed E-state index contributed by atoms with van der Waals surface area (Å²) in [6, 6.07) is 20.8. The number of nitrogens with one attached hydrogen (secondary N) is 1. The normalized spacial score (nSPS) is 13.9. The van der Waals surface area contributed by atoms with Crippen LogP contribution >= 0.6 is 0 Å². The van der Waals surface area contributed by atoms with Crippen LogP contribution in [-0.2, 0) is 9.59 Å². The second-order valence-electron chi connectivity index (χ2n) is 7.04. The Morgan fingerprint density at radius 3 is 2.33 bits per heavy atom. The van der Waals surface area contributed by atoms with Crippen molar-refractivity contribution < 1.29 is 18.7 Å². The van der Waals surface area contributed by atoms with Gasteiger partial charge in [0.2, 0.25) is 5.91 Å². The van der Waals surface area contributed by atoms with E-state index >= 15 is 0 Å². The van der Waals surface area contributed by atoms with Gasteiger partial charge < -0.3 is 10.1 Å². The fraction of sp³-hybridized carbons (Fsp3) is 0.167. The maximum absolute atomic E-state index is 13.1. The van der Waals surface area contributed by atoms with Crippen LogP contribution in [0.25, 0.3) is 11.1 Å². The molecule has 0 aromatic heterocycles. The number of ether oxygens (including phenoxy) is 1. The smallest absolute Gasteiger partial charge is 0.268 e. The highest BCUT2D eigenvalue weighted by molar-refractivity contribution is 6.11. The SMILES string of the molecule is CCC(Oc1ccc(-c2ccc(F)cc2)cc1)C(=O)N1CC(=O)Nc2ccccc21. The van der Waals surface area contributed by atoms with Gasteiger partial charge in [-0.1, -0.05) is 43.3 Å². The van der Waals surface area contributed by atoms with Crippen LogP contribution in [0.3, 0.4) is 0 Å². The Morgan fingerprint density at radius 2 is 1.67 bits per heavy atom. The summed E-state index contributed by atoms with van der Waals surface area (Å²) in [7, 11) is 0. The van der Waals surface area contributed by atoms with Gasteiger partial charge in [-0.3, -0.25) is 14.5 Å². The molecule has 0 radical (unpaired) electrons. The molecule has 1 N–H and O–H groups in total. The third-order valence-corrected chi connectivity index (χ3v) is 4.99. The minimum Gasteiger partial charge on any atom is -0.481 e. The van der Waals surface area contributed by atoms with Gasteiger partial charge in [-0.2, -0.15) is 0 Å². The van der Waals surface area contributed by atoms with Crippen LogP contribution in [0.15, 0.2) is 72.8 Å². The van der Waals surface area contributed by atoms with Gasteiger partial charge >= 0.3 is 0 Å². The maximum Gasteiger partial charge on any atom is 0.268 e. The van der Waals surface area contributed by atoms with Crippen LogP contribution in [0, 0.1) is 5.82 Å². The lowest BCUT2D eigenvalue weighted by atomic mass is 10.1. The molecule has 3 aromatic carbocycles. The van der Waals surface area contributed by atoms with Crippen molar-refractivity contribution >= 4 is 23.2 Å². The minimum absolute atomic E-state index is 0.0424. The molecule has 0 fully saturated rings. The third-order valence-electron chi connectivity index (χ3n) is 4.99. The summed E-state index contributed by atoms with van der Waals surface area (Å²) in [5, 5.41) is 2.78. The Hall–Kier alpha value is -3.67. The number of hydrogen-bond donors (Lipinski definition) is 1. The van der Waals surface area contributed by atoms with Crippen LogP contribution in [-0.4, -0.2) is 24.5 Å². The lowest BCUT2D eigenvalue weighted by Crippen LogP contribution is -2.48. The average Bonchev–Trinajstić information content (AvgIpc) is 2.77. The highest BCUT2D eigenvalue weighted by Gasteiger charge is 2.31. The number of rotatable bonds is 5. The van der Waals surface area contributed by atoms with Crippen LogP contribution in [0.5, 0.6) is 5.75 Å². The van der Waals surface area contributed by atoms with Gasteiger partial charge in [0.25, 0.3) is 5.91 Å². The molecule has 0 spiro atoms. The molecular weight excluding hydrogens is 383 g/mol. The Labute approximate surface area is 174 Å². The first-order valence-electron chi connectivity index (χ1n) is 9.78. The number of carbonyl (C=O) groups excluding carboxylic acids is 2. The molecule has 30 heavy (non-hydrogen) atoms. The van der Waals surface area contributed by atoms with Gasteiger partial charge in [0.15, 0.2) is 6.10 Å². The number of fused-ring (bicyclic) bond motifs is 1. The molecule has 6 heteroatoms.